The van der Waals surface area contributed by atoms with Crippen LogP contribution in [0.5, 0.6) is 0 Å². The van der Waals surface area contributed by atoms with Crippen molar-refractivity contribution in [3.05, 3.63) is 54.0 Å². The number of fused-ring (bicyclic) bond motifs is 3. The molecule has 1 aromatic carbocycles. The Labute approximate surface area is 184 Å². The van der Waals surface area contributed by atoms with E-state index in [9.17, 15) is 19.2 Å². The SMILES string of the molecule is COC(=O)C[C@]12C(=O)NCCN1[C@H](c1ccco1)[C@@H]1C(=O)N(c3ccc(C)cc3)C(=O)[C@H]12. The number of piperazine rings is 1. The number of carbonyl (C=O) groups is 4. The topological polar surface area (TPSA) is 109 Å². The molecule has 5 rings (SSSR count). The van der Waals surface area contributed by atoms with Crippen LogP contribution in [0, 0.1) is 18.8 Å². The molecule has 166 valence electrons. The number of rotatable bonds is 4. The van der Waals surface area contributed by atoms with E-state index in [1.54, 1.807) is 29.2 Å². The van der Waals surface area contributed by atoms with Crippen molar-refractivity contribution in [3.63, 3.8) is 0 Å². The van der Waals surface area contributed by atoms with Gasteiger partial charge < -0.3 is 14.5 Å². The number of anilines is 1. The largest absolute Gasteiger partial charge is 0.469 e. The highest BCUT2D eigenvalue weighted by Crippen LogP contribution is 2.57. The van der Waals surface area contributed by atoms with Gasteiger partial charge in [-0.1, -0.05) is 17.7 Å². The third-order valence-corrected chi connectivity index (χ3v) is 6.85. The summed E-state index contributed by atoms with van der Waals surface area (Å²) in [6.07, 6.45) is 1.15. The zero-order valence-corrected chi connectivity index (χ0v) is 17.7. The number of esters is 1. The van der Waals surface area contributed by atoms with Crippen molar-refractivity contribution in [1.29, 1.82) is 0 Å². The number of nitrogens with one attached hydrogen (secondary N) is 1. The van der Waals surface area contributed by atoms with E-state index in [2.05, 4.69) is 5.32 Å². The van der Waals surface area contributed by atoms with Crippen molar-refractivity contribution >= 4 is 29.4 Å². The summed E-state index contributed by atoms with van der Waals surface area (Å²) in [7, 11) is 1.24. The van der Waals surface area contributed by atoms with Crippen LogP contribution in [0.2, 0.25) is 0 Å². The van der Waals surface area contributed by atoms with Gasteiger partial charge in [0.2, 0.25) is 17.7 Å². The second kappa shape index (κ2) is 7.30. The van der Waals surface area contributed by atoms with Crippen LogP contribution in [0.15, 0.2) is 47.1 Å². The minimum absolute atomic E-state index is 0.336. The molecular formula is C23H23N3O6. The Morgan fingerprint density at radius 1 is 1.19 bits per heavy atom. The molecule has 3 saturated heterocycles. The van der Waals surface area contributed by atoms with Gasteiger partial charge in [-0.2, -0.15) is 0 Å². The number of ether oxygens (including phenoxy) is 1. The number of hydrogen-bond acceptors (Lipinski definition) is 7. The highest BCUT2D eigenvalue weighted by atomic mass is 16.5. The van der Waals surface area contributed by atoms with Gasteiger partial charge in [-0.05, 0) is 31.2 Å². The summed E-state index contributed by atoms with van der Waals surface area (Å²) >= 11 is 0. The lowest BCUT2D eigenvalue weighted by molar-refractivity contribution is -0.154. The minimum Gasteiger partial charge on any atom is -0.469 e. The Morgan fingerprint density at radius 3 is 2.59 bits per heavy atom. The fourth-order valence-electron chi connectivity index (χ4n) is 5.51. The lowest BCUT2D eigenvalue weighted by Crippen LogP contribution is -2.67. The molecule has 0 spiro atoms. The van der Waals surface area contributed by atoms with Gasteiger partial charge in [-0.25, -0.2) is 4.90 Å². The van der Waals surface area contributed by atoms with E-state index in [0.717, 1.165) is 10.5 Å². The van der Waals surface area contributed by atoms with Crippen molar-refractivity contribution in [2.75, 3.05) is 25.1 Å². The average molecular weight is 437 g/mol. The molecule has 3 amide bonds. The van der Waals surface area contributed by atoms with Crippen molar-refractivity contribution in [2.24, 2.45) is 11.8 Å². The van der Waals surface area contributed by atoms with E-state index in [-0.39, 0.29) is 6.42 Å². The summed E-state index contributed by atoms with van der Waals surface area (Å²) in [6.45, 7) is 2.61. The Kier molecular flexibility index (Phi) is 4.67. The lowest BCUT2D eigenvalue weighted by Gasteiger charge is -2.44. The molecule has 0 bridgehead atoms. The van der Waals surface area contributed by atoms with Crippen LogP contribution in [-0.4, -0.2) is 54.3 Å². The molecule has 9 heteroatoms. The van der Waals surface area contributed by atoms with Gasteiger partial charge in [0.1, 0.15) is 11.3 Å². The number of hydrogen-bond donors (Lipinski definition) is 1. The molecule has 1 aromatic heterocycles. The van der Waals surface area contributed by atoms with Crippen LogP contribution < -0.4 is 10.2 Å². The normalized spacial score (nSPS) is 29.6. The Bertz CT molecular complexity index is 1100. The highest BCUT2D eigenvalue weighted by molar-refractivity contribution is 6.24. The first-order valence-corrected chi connectivity index (χ1v) is 10.5. The maximum atomic E-state index is 13.8. The molecule has 0 radical (unpaired) electrons. The smallest absolute Gasteiger partial charge is 0.307 e. The summed E-state index contributed by atoms with van der Waals surface area (Å²) in [5, 5.41) is 2.80. The van der Waals surface area contributed by atoms with E-state index >= 15 is 0 Å². The van der Waals surface area contributed by atoms with Crippen molar-refractivity contribution in [2.45, 2.75) is 24.9 Å². The number of amides is 3. The number of aryl methyl sites for hydroxylation is 1. The van der Waals surface area contributed by atoms with Gasteiger partial charge in [0, 0.05) is 13.1 Å². The number of methoxy groups -OCH3 is 1. The number of carbonyl (C=O) groups excluding carboxylic acids is 4. The van der Waals surface area contributed by atoms with E-state index in [0.29, 0.717) is 24.5 Å². The number of furan rings is 1. The summed E-state index contributed by atoms with van der Waals surface area (Å²) in [4.78, 5) is 56.3. The van der Waals surface area contributed by atoms with E-state index in [1.807, 2.05) is 19.1 Å². The van der Waals surface area contributed by atoms with Gasteiger partial charge in [0.05, 0.1) is 43.4 Å². The molecular weight excluding hydrogens is 414 g/mol. The molecule has 1 N–H and O–H groups in total. The zero-order chi connectivity index (χ0) is 22.6. The predicted octanol–water partition coefficient (Wildman–Crippen LogP) is 1.18. The van der Waals surface area contributed by atoms with Crippen LogP contribution in [0.4, 0.5) is 5.69 Å². The average Bonchev–Trinajstić information content (AvgIpc) is 3.46. The monoisotopic (exact) mass is 437 g/mol. The van der Waals surface area contributed by atoms with E-state index in [4.69, 9.17) is 9.15 Å². The maximum Gasteiger partial charge on any atom is 0.307 e. The van der Waals surface area contributed by atoms with Crippen LogP contribution >= 0.6 is 0 Å². The molecule has 0 unspecified atom stereocenters. The summed E-state index contributed by atoms with van der Waals surface area (Å²) in [5.41, 5.74) is -0.115. The first-order chi connectivity index (χ1) is 15.4. The molecule has 4 heterocycles. The molecule has 3 aliphatic rings. The third-order valence-electron chi connectivity index (χ3n) is 6.85. The van der Waals surface area contributed by atoms with Gasteiger partial charge in [0.25, 0.3) is 0 Å². The molecule has 0 aliphatic carbocycles. The predicted molar refractivity (Wildman–Crippen MR) is 111 cm³/mol. The minimum atomic E-state index is -1.54. The van der Waals surface area contributed by atoms with Crippen LogP contribution in [0.25, 0.3) is 0 Å². The van der Waals surface area contributed by atoms with E-state index in [1.165, 1.54) is 13.4 Å². The third kappa shape index (κ3) is 2.67. The Morgan fingerprint density at radius 2 is 1.94 bits per heavy atom. The summed E-state index contributed by atoms with van der Waals surface area (Å²) in [6, 6.07) is 9.83. The number of imide groups is 1. The van der Waals surface area contributed by atoms with Crippen molar-refractivity contribution in [1.82, 2.24) is 10.2 Å². The molecule has 4 atom stereocenters. The van der Waals surface area contributed by atoms with Crippen LogP contribution in [-0.2, 0) is 23.9 Å². The summed E-state index contributed by atoms with van der Waals surface area (Å²) < 4.78 is 10.5. The second-order valence-corrected chi connectivity index (χ2v) is 8.44. The molecule has 9 nitrogen and oxygen atoms in total. The standard InChI is InChI=1S/C23H23N3O6/c1-13-5-7-14(8-6-13)26-20(28)17-18(21(26)29)23(12-16(27)31-2)22(30)24-9-10-25(23)19(17)15-4-3-11-32-15/h3-8,11,17-19H,9-10,12H2,1-2H3,(H,24,30)/t17-,18+,19-,23+/m1/s1. The molecule has 32 heavy (non-hydrogen) atoms. The quantitative estimate of drug-likeness (QED) is 0.565. The maximum absolute atomic E-state index is 13.8. The van der Waals surface area contributed by atoms with Gasteiger partial charge in [-0.3, -0.25) is 24.1 Å². The lowest BCUT2D eigenvalue weighted by atomic mass is 9.76. The molecule has 0 saturated carbocycles. The van der Waals surface area contributed by atoms with E-state index < -0.39 is 47.1 Å². The highest BCUT2D eigenvalue weighted by Gasteiger charge is 2.73. The zero-order valence-electron chi connectivity index (χ0n) is 17.7. The second-order valence-electron chi connectivity index (χ2n) is 8.44. The first kappa shape index (κ1) is 20.4. The summed E-state index contributed by atoms with van der Waals surface area (Å²) in [5.74, 6) is -3.42. The van der Waals surface area contributed by atoms with Crippen molar-refractivity contribution in [3.8, 4) is 0 Å². The Hall–Kier alpha value is -3.46. The van der Waals surface area contributed by atoms with Crippen molar-refractivity contribution < 1.29 is 28.3 Å². The molecule has 3 aliphatic heterocycles. The fraction of sp³-hybridized carbons (Fsp3) is 0.391. The number of benzene rings is 1. The van der Waals surface area contributed by atoms with Gasteiger partial charge in [0.15, 0.2) is 0 Å². The van der Waals surface area contributed by atoms with Gasteiger partial charge in [-0.15, -0.1) is 0 Å². The molecule has 2 aromatic rings. The molecule has 3 fully saturated rings. The first-order valence-electron chi connectivity index (χ1n) is 10.5. The Balaban J connectivity index is 1.69. The number of nitrogens with zero attached hydrogens (tertiary/aromatic N) is 2. The van der Waals surface area contributed by atoms with Crippen LogP contribution in [0.1, 0.15) is 23.8 Å². The fourth-order valence-corrected chi connectivity index (χ4v) is 5.51. The van der Waals surface area contributed by atoms with Gasteiger partial charge >= 0.3 is 5.97 Å². The van der Waals surface area contributed by atoms with Crippen LogP contribution in [0.3, 0.4) is 0 Å².